The van der Waals surface area contributed by atoms with Crippen LogP contribution in [0.25, 0.3) is 5.69 Å². The van der Waals surface area contributed by atoms with E-state index in [-0.39, 0.29) is 5.69 Å². The van der Waals surface area contributed by atoms with Gasteiger partial charge in [0.15, 0.2) is 0 Å². The summed E-state index contributed by atoms with van der Waals surface area (Å²) >= 11 is 0. The van der Waals surface area contributed by atoms with Gasteiger partial charge in [-0.15, -0.1) is 0 Å². The Morgan fingerprint density at radius 2 is 2.05 bits per heavy atom. The number of aryl methyl sites for hydroxylation is 2. The number of aromatic amines is 1. The van der Waals surface area contributed by atoms with E-state index in [1.807, 2.05) is 49.1 Å². The third-order valence-electron chi connectivity index (χ3n) is 3.39. The lowest BCUT2D eigenvalue weighted by Gasteiger charge is -2.07. The molecule has 0 unspecified atom stereocenters. The highest BCUT2D eigenvalue weighted by atomic mass is 16.1. The second kappa shape index (κ2) is 5.32. The minimum atomic E-state index is -0.137. The van der Waals surface area contributed by atoms with E-state index >= 15 is 0 Å². The third-order valence-corrected chi connectivity index (χ3v) is 3.39. The van der Waals surface area contributed by atoms with Crippen LogP contribution in [0.3, 0.4) is 0 Å². The van der Waals surface area contributed by atoms with Crippen LogP contribution in [0.2, 0.25) is 0 Å². The number of H-pyrrole nitrogens is 1. The van der Waals surface area contributed by atoms with Crippen molar-refractivity contribution in [1.29, 1.82) is 0 Å². The van der Waals surface area contributed by atoms with Gasteiger partial charge in [-0.05, 0) is 31.2 Å². The van der Waals surface area contributed by atoms with E-state index in [1.54, 1.807) is 17.0 Å². The SMILES string of the molecule is Cc1nn(C)cc1CNc1ccc(-n2cc[nH]c2=O)cc1. The predicted molar refractivity (Wildman–Crippen MR) is 81.7 cm³/mol. The normalized spacial score (nSPS) is 10.8. The van der Waals surface area contributed by atoms with Gasteiger partial charge in [0.2, 0.25) is 0 Å². The molecule has 6 nitrogen and oxygen atoms in total. The average molecular weight is 283 g/mol. The van der Waals surface area contributed by atoms with Crippen molar-refractivity contribution >= 4 is 5.69 Å². The number of imidazole rings is 1. The molecule has 0 saturated carbocycles. The Morgan fingerprint density at radius 3 is 2.62 bits per heavy atom. The smallest absolute Gasteiger partial charge is 0.330 e. The number of nitrogens with one attached hydrogen (secondary N) is 2. The number of anilines is 1. The molecule has 0 atom stereocenters. The maximum atomic E-state index is 11.5. The molecule has 0 saturated heterocycles. The van der Waals surface area contributed by atoms with Gasteiger partial charge in [-0.3, -0.25) is 9.25 Å². The van der Waals surface area contributed by atoms with E-state index in [4.69, 9.17) is 0 Å². The Bertz CT molecular complexity index is 794. The average Bonchev–Trinajstić information content (AvgIpc) is 3.03. The molecule has 3 aromatic rings. The molecule has 1 aromatic carbocycles. The first-order valence-electron chi connectivity index (χ1n) is 6.73. The molecule has 2 heterocycles. The summed E-state index contributed by atoms with van der Waals surface area (Å²) in [5.41, 5.74) is 3.90. The van der Waals surface area contributed by atoms with Crippen LogP contribution < -0.4 is 11.0 Å². The van der Waals surface area contributed by atoms with Gasteiger partial charge in [-0.25, -0.2) is 4.79 Å². The van der Waals surface area contributed by atoms with Gasteiger partial charge in [-0.2, -0.15) is 5.10 Å². The van der Waals surface area contributed by atoms with E-state index < -0.39 is 0 Å². The molecule has 0 spiro atoms. The largest absolute Gasteiger partial charge is 0.381 e. The highest BCUT2D eigenvalue weighted by Gasteiger charge is 2.03. The van der Waals surface area contributed by atoms with Crippen LogP contribution in [0.5, 0.6) is 0 Å². The standard InChI is InChI=1S/C15H17N5O/c1-11-12(10-19(2)18-11)9-17-13-3-5-14(6-4-13)20-8-7-16-15(20)21/h3-8,10,17H,9H2,1-2H3,(H,16,21). The monoisotopic (exact) mass is 283 g/mol. The number of aromatic nitrogens is 4. The van der Waals surface area contributed by atoms with Gasteiger partial charge in [0.25, 0.3) is 0 Å². The lowest BCUT2D eigenvalue weighted by molar-refractivity contribution is 0.756. The molecule has 0 bridgehead atoms. The Kier molecular flexibility index (Phi) is 3.35. The molecular formula is C15H17N5O. The van der Waals surface area contributed by atoms with Gasteiger partial charge in [0.05, 0.1) is 11.4 Å². The van der Waals surface area contributed by atoms with Crippen molar-refractivity contribution < 1.29 is 0 Å². The minimum absolute atomic E-state index is 0.137. The van der Waals surface area contributed by atoms with Crippen molar-refractivity contribution in [2.75, 3.05) is 5.32 Å². The van der Waals surface area contributed by atoms with Crippen molar-refractivity contribution in [1.82, 2.24) is 19.3 Å². The number of hydrogen-bond donors (Lipinski definition) is 2. The van der Waals surface area contributed by atoms with E-state index in [2.05, 4.69) is 15.4 Å². The van der Waals surface area contributed by atoms with Crippen LogP contribution in [-0.4, -0.2) is 19.3 Å². The summed E-state index contributed by atoms with van der Waals surface area (Å²) in [5.74, 6) is 0. The molecule has 3 rings (SSSR count). The molecule has 108 valence electrons. The summed E-state index contributed by atoms with van der Waals surface area (Å²) in [7, 11) is 1.92. The van der Waals surface area contributed by atoms with Crippen molar-refractivity contribution in [3.8, 4) is 5.69 Å². The number of benzene rings is 1. The van der Waals surface area contributed by atoms with Crippen LogP contribution in [0, 0.1) is 6.92 Å². The molecule has 6 heteroatoms. The van der Waals surface area contributed by atoms with Crippen LogP contribution in [0.15, 0.2) is 47.7 Å². The fourth-order valence-corrected chi connectivity index (χ4v) is 2.28. The summed E-state index contributed by atoms with van der Waals surface area (Å²) in [5, 5.41) is 7.67. The first-order chi connectivity index (χ1) is 10.1. The highest BCUT2D eigenvalue weighted by Crippen LogP contribution is 2.14. The van der Waals surface area contributed by atoms with Crippen LogP contribution in [-0.2, 0) is 13.6 Å². The minimum Gasteiger partial charge on any atom is -0.381 e. The molecular weight excluding hydrogens is 266 g/mol. The fraction of sp³-hybridized carbons (Fsp3) is 0.200. The first kappa shape index (κ1) is 13.2. The van der Waals surface area contributed by atoms with Crippen LogP contribution in [0.4, 0.5) is 5.69 Å². The van der Waals surface area contributed by atoms with Gasteiger partial charge in [0.1, 0.15) is 0 Å². The highest BCUT2D eigenvalue weighted by molar-refractivity contribution is 5.49. The first-order valence-corrected chi connectivity index (χ1v) is 6.73. The van der Waals surface area contributed by atoms with Gasteiger partial charge in [0, 0.05) is 43.4 Å². The fourth-order valence-electron chi connectivity index (χ4n) is 2.28. The Balaban J connectivity index is 1.72. The van der Waals surface area contributed by atoms with E-state index in [0.29, 0.717) is 0 Å². The molecule has 21 heavy (non-hydrogen) atoms. The molecule has 0 aliphatic rings. The summed E-state index contributed by atoms with van der Waals surface area (Å²) in [6.07, 6.45) is 5.35. The molecule has 0 amide bonds. The third kappa shape index (κ3) is 2.74. The summed E-state index contributed by atoms with van der Waals surface area (Å²) < 4.78 is 3.38. The lowest BCUT2D eigenvalue weighted by Crippen LogP contribution is -2.13. The predicted octanol–water partition coefficient (Wildman–Crippen LogP) is 1.82. The topological polar surface area (TPSA) is 67.6 Å². The zero-order valence-electron chi connectivity index (χ0n) is 12.0. The quantitative estimate of drug-likeness (QED) is 0.767. The summed E-state index contributed by atoms with van der Waals surface area (Å²) in [4.78, 5) is 14.2. The number of rotatable bonds is 4. The number of nitrogens with zero attached hydrogens (tertiary/aromatic N) is 3. The maximum Gasteiger partial charge on any atom is 0.330 e. The van der Waals surface area contributed by atoms with Crippen molar-refractivity contribution in [2.24, 2.45) is 7.05 Å². The zero-order valence-corrected chi connectivity index (χ0v) is 12.0. The molecule has 2 N–H and O–H groups in total. The molecule has 2 aromatic heterocycles. The van der Waals surface area contributed by atoms with Crippen molar-refractivity contribution in [3.63, 3.8) is 0 Å². The van der Waals surface area contributed by atoms with E-state index in [1.165, 1.54) is 5.56 Å². The molecule has 0 aliphatic carbocycles. The Morgan fingerprint density at radius 1 is 1.29 bits per heavy atom. The van der Waals surface area contributed by atoms with Gasteiger partial charge < -0.3 is 10.3 Å². The lowest BCUT2D eigenvalue weighted by atomic mass is 10.2. The maximum absolute atomic E-state index is 11.5. The van der Waals surface area contributed by atoms with Gasteiger partial charge in [-0.1, -0.05) is 0 Å². The summed E-state index contributed by atoms with van der Waals surface area (Å²) in [6, 6.07) is 7.74. The Labute approximate surface area is 122 Å². The molecule has 0 fully saturated rings. The second-order valence-corrected chi connectivity index (χ2v) is 4.95. The molecule has 0 radical (unpaired) electrons. The second-order valence-electron chi connectivity index (χ2n) is 4.95. The molecule has 0 aliphatic heterocycles. The van der Waals surface area contributed by atoms with Crippen LogP contribution in [0.1, 0.15) is 11.3 Å². The van der Waals surface area contributed by atoms with Crippen molar-refractivity contribution in [2.45, 2.75) is 13.5 Å². The van der Waals surface area contributed by atoms with E-state index in [0.717, 1.165) is 23.6 Å². The van der Waals surface area contributed by atoms with Gasteiger partial charge >= 0.3 is 5.69 Å². The zero-order chi connectivity index (χ0) is 14.8. The van der Waals surface area contributed by atoms with Crippen molar-refractivity contribution in [3.05, 3.63) is 64.6 Å². The number of hydrogen-bond acceptors (Lipinski definition) is 3. The van der Waals surface area contributed by atoms with E-state index in [9.17, 15) is 4.79 Å². The summed E-state index contributed by atoms with van der Waals surface area (Å²) in [6.45, 7) is 2.72. The Hall–Kier alpha value is -2.76. The van der Waals surface area contributed by atoms with Crippen LogP contribution >= 0.6 is 0 Å².